The van der Waals surface area contributed by atoms with Crippen LogP contribution in [0.2, 0.25) is 0 Å². The van der Waals surface area contributed by atoms with Gasteiger partial charge in [-0.3, -0.25) is 9.00 Å². The maximum Gasteiger partial charge on any atom is 0.257 e. The van der Waals surface area contributed by atoms with Gasteiger partial charge in [0.2, 0.25) is 0 Å². The molecule has 1 N–H and O–H groups in total. The van der Waals surface area contributed by atoms with Crippen LogP contribution in [0.3, 0.4) is 0 Å². The van der Waals surface area contributed by atoms with E-state index in [4.69, 9.17) is 4.74 Å². The first kappa shape index (κ1) is 17.5. The number of carbonyl (C=O) groups is 1. The molecule has 1 atom stereocenters. The van der Waals surface area contributed by atoms with Crippen molar-refractivity contribution in [3.63, 3.8) is 0 Å². The normalized spacial score (nSPS) is 19.4. The number of hydrogen-bond donors (Lipinski definition) is 1. The Hall–Kier alpha value is -2.34. The predicted molar refractivity (Wildman–Crippen MR) is 97.6 cm³/mol. The first-order chi connectivity index (χ1) is 11.9. The fraction of sp³-hybridized carbons (Fsp3) is 0.316. The van der Waals surface area contributed by atoms with Gasteiger partial charge in [0.05, 0.1) is 10.3 Å². The Labute approximate surface area is 149 Å². The molecule has 1 fully saturated rings. The van der Waals surface area contributed by atoms with Gasteiger partial charge >= 0.3 is 0 Å². The quantitative estimate of drug-likeness (QED) is 0.914. The summed E-state index contributed by atoms with van der Waals surface area (Å²) in [6.45, 7) is 4.58. The molecule has 1 heterocycles. The number of benzene rings is 2. The summed E-state index contributed by atoms with van der Waals surface area (Å²) >= 11 is 0. The summed E-state index contributed by atoms with van der Waals surface area (Å²) in [6, 6.07) is 13.9. The highest BCUT2D eigenvalue weighted by Crippen LogP contribution is 2.29. The van der Waals surface area contributed by atoms with Gasteiger partial charge in [-0.15, -0.1) is 0 Å². The molecule has 6 heteroatoms. The van der Waals surface area contributed by atoms with E-state index in [1.807, 2.05) is 44.2 Å². The van der Waals surface area contributed by atoms with Crippen LogP contribution in [-0.2, 0) is 10.8 Å². The van der Waals surface area contributed by atoms with Crippen molar-refractivity contribution in [2.75, 3.05) is 18.8 Å². The van der Waals surface area contributed by atoms with Gasteiger partial charge in [-0.2, -0.15) is 0 Å². The van der Waals surface area contributed by atoms with Crippen LogP contribution in [0.1, 0.15) is 24.2 Å². The molecule has 0 bridgehead atoms. The molecule has 1 saturated heterocycles. The number of phenols is 1. The van der Waals surface area contributed by atoms with Crippen molar-refractivity contribution < 1.29 is 18.8 Å². The average molecular weight is 359 g/mol. The van der Waals surface area contributed by atoms with Crippen LogP contribution in [0.25, 0.3) is 0 Å². The topological polar surface area (TPSA) is 66.8 Å². The van der Waals surface area contributed by atoms with Crippen LogP contribution in [0.15, 0.2) is 48.5 Å². The molecule has 0 saturated carbocycles. The number of nitrogens with zero attached hydrogens (tertiary/aromatic N) is 1. The molecule has 0 radical (unpaired) electrons. The van der Waals surface area contributed by atoms with Gasteiger partial charge in [0, 0.05) is 29.6 Å². The molecule has 1 amide bonds. The first-order valence-electron chi connectivity index (χ1n) is 8.10. The molecule has 5 nitrogen and oxygen atoms in total. The lowest BCUT2D eigenvalue weighted by molar-refractivity contribution is 0.0742. The highest BCUT2D eigenvalue weighted by Gasteiger charge is 2.36. The fourth-order valence-corrected chi connectivity index (χ4v) is 4.04. The second-order valence-electron chi connectivity index (χ2n) is 6.63. The zero-order valence-electron chi connectivity index (χ0n) is 14.3. The van der Waals surface area contributed by atoms with Gasteiger partial charge in [0.25, 0.3) is 5.91 Å². The van der Waals surface area contributed by atoms with E-state index in [-0.39, 0.29) is 17.2 Å². The van der Waals surface area contributed by atoms with Gasteiger partial charge in [0.1, 0.15) is 17.2 Å². The van der Waals surface area contributed by atoms with Crippen LogP contribution >= 0.6 is 0 Å². The number of amides is 1. The molecule has 1 aliphatic heterocycles. The molecule has 1 aliphatic rings. The van der Waals surface area contributed by atoms with Crippen LogP contribution < -0.4 is 4.74 Å². The third kappa shape index (κ3) is 3.85. The van der Waals surface area contributed by atoms with Gasteiger partial charge in [-0.1, -0.05) is 18.2 Å². The molecule has 2 aromatic rings. The van der Waals surface area contributed by atoms with Gasteiger partial charge in [-0.05, 0) is 44.2 Å². The minimum atomic E-state index is -0.962. The van der Waals surface area contributed by atoms with Crippen molar-refractivity contribution in [3.8, 4) is 17.2 Å². The first-order valence-corrected chi connectivity index (χ1v) is 9.42. The van der Waals surface area contributed by atoms with Crippen molar-refractivity contribution in [2.45, 2.75) is 18.6 Å². The number of hydrogen-bond acceptors (Lipinski definition) is 4. The van der Waals surface area contributed by atoms with Crippen LogP contribution in [0, 0.1) is 0 Å². The molecule has 3 rings (SSSR count). The standard InChI is InChI=1S/C19H21NO4S/c1-19(2)13-20(10-11-25(19)23)18(22)16-12-15(8-9-17(16)21)24-14-6-4-3-5-7-14/h3-9,12,21H,10-11,13H2,1-2H3/t25-/m0/s1. The van der Waals surface area contributed by atoms with Gasteiger partial charge in [-0.25, -0.2) is 0 Å². The number of rotatable bonds is 3. The zero-order valence-corrected chi connectivity index (χ0v) is 15.1. The lowest BCUT2D eigenvalue weighted by Crippen LogP contribution is -2.52. The molecule has 0 spiro atoms. The lowest BCUT2D eigenvalue weighted by atomic mass is 10.1. The highest BCUT2D eigenvalue weighted by molar-refractivity contribution is 7.86. The van der Waals surface area contributed by atoms with Crippen molar-refractivity contribution in [1.82, 2.24) is 4.90 Å². The maximum atomic E-state index is 12.8. The van der Waals surface area contributed by atoms with Crippen LogP contribution in [0.5, 0.6) is 17.2 Å². The van der Waals surface area contributed by atoms with Crippen molar-refractivity contribution >= 4 is 16.7 Å². The van der Waals surface area contributed by atoms with Crippen molar-refractivity contribution in [1.29, 1.82) is 0 Å². The number of ether oxygens (including phenoxy) is 1. The second-order valence-corrected chi connectivity index (χ2v) is 8.83. The molecule has 132 valence electrons. The van der Waals surface area contributed by atoms with Crippen LogP contribution in [-0.4, -0.2) is 43.7 Å². The van der Waals surface area contributed by atoms with E-state index in [1.54, 1.807) is 17.0 Å². The SMILES string of the molecule is CC1(C)CN(C(=O)c2cc(Oc3ccccc3)ccc2O)CC[S@@]1=O. The Kier molecular flexibility index (Phi) is 4.81. The van der Waals surface area contributed by atoms with E-state index >= 15 is 0 Å². The zero-order chi connectivity index (χ0) is 18.0. The lowest BCUT2D eigenvalue weighted by Gasteiger charge is -2.37. The molecular weight excluding hydrogens is 338 g/mol. The summed E-state index contributed by atoms with van der Waals surface area (Å²) in [6.07, 6.45) is 0. The monoisotopic (exact) mass is 359 g/mol. The summed E-state index contributed by atoms with van der Waals surface area (Å²) in [5.41, 5.74) is 0.192. The Morgan fingerprint density at radius 3 is 2.56 bits per heavy atom. The maximum absolute atomic E-state index is 12.8. The summed E-state index contributed by atoms with van der Waals surface area (Å²) < 4.78 is 17.3. The Morgan fingerprint density at radius 2 is 1.88 bits per heavy atom. The Morgan fingerprint density at radius 1 is 1.16 bits per heavy atom. The van der Waals surface area contributed by atoms with E-state index in [0.29, 0.717) is 30.3 Å². The Bertz CT molecular complexity index is 804. The Balaban J connectivity index is 1.83. The predicted octanol–water partition coefficient (Wildman–Crippen LogP) is 3.17. The number of phenolic OH excluding ortho intramolecular Hbond substituents is 1. The van der Waals surface area contributed by atoms with E-state index in [2.05, 4.69) is 0 Å². The largest absolute Gasteiger partial charge is 0.507 e. The van der Waals surface area contributed by atoms with E-state index in [9.17, 15) is 14.1 Å². The highest BCUT2D eigenvalue weighted by atomic mass is 32.2. The molecule has 2 aromatic carbocycles. The molecule has 0 aliphatic carbocycles. The molecule has 0 aromatic heterocycles. The van der Waals surface area contributed by atoms with Crippen LogP contribution in [0.4, 0.5) is 0 Å². The van der Waals surface area contributed by atoms with E-state index < -0.39 is 15.5 Å². The summed E-state index contributed by atoms with van der Waals surface area (Å²) in [5.74, 6) is 1.21. The summed E-state index contributed by atoms with van der Waals surface area (Å²) in [4.78, 5) is 14.5. The van der Waals surface area contributed by atoms with Gasteiger partial charge in [0.15, 0.2) is 0 Å². The van der Waals surface area contributed by atoms with Crippen molar-refractivity contribution in [2.24, 2.45) is 0 Å². The van der Waals surface area contributed by atoms with E-state index in [0.717, 1.165) is 0 Å². The third-order valence-electron chi connectivity index (χ3n) is 4.20. The number of aromatic hydroxyl groups is 1. The van der Waals surface area contributed by atoms with E-state index in [1.165, 1.54) is 6.07 Å². The summed E-state index contributed by atoms with van der Waals surface area (Å²) in [5, 5.41) is 10.1. The smallest absolute Gasteiger partial charge is 0.257 e. The molecule has 25 heavy (non-hydrogen) atoms. The minimum absolute atomic E-state index is 0.0880. The number of carbonyl (C=O) groups excluding carboxylic acids is 1. The number of para-hydroxylation sites is 1. The average Bonchev–Trinajstić information content (AvgIpc) is 2.59. The van der Waals surface area contributed by atoms with Crippen molar-refractivity contribution in [3.05, 3.63) is 54.1 Å². The van der Waals surface area contributed by atoms with Gasteiger partial charge < -0.3 is 14.7 Å². The fourth-order valence-electron chi connectivity index (χ4n) is 2.80. The molecule has 0 unspecified atom stereocenters. The summed E-state index contributed by atoms with van der Waals surface area (Å²) in [7, 11) is -0.962. The minimum Gasteiger partial charge on any atom is -0.507 e. The molecular formula is C19H21NO4S. The third-order valence-corrected chi connectivity index (χ3v) is 6.11. The second kappa shape index (κ2) is 6.88.